The summed E-state index contributed by atoms with van der Waals surface area (Å²) < 4.78 is 54.3. The highest BCUT2D eigenvalue weighted by Crippen LogP contribution is 2.34. The van der Waals surface area contributed by atoms with E-state index < -0.39 is 23.5 Å². The largest absolute Gasteiger partial charge is 0.481 e. The third-order valence-corrected chi connectivity index (χ3v) is 5.91. The third-order valence-electron chi connectivity index (χ3n) is 4.67. The van der Waals surface area contributed by atoms with Crippen molar-refractivity contribution in [1.29, 1.82) is 0 Å². The lowest BCUT2D eigenvalue weighted by molar-refractivity contribution is -0.140. The predicted octanol–water partition coefficient (Wildman–Crippen LogP) is 4.69. The zero-order chi connectivity index (χ0) is 21.2. The van der Waals surface area contributed by atoms with Gasteiger partial charge in [0.25, 0.3) is 0 Å². The Kier molecular flexibility index (Phi) is 6.38. The minimum atomic E-state index is -4.71. The molecule has 1 unspecified atom stereocenters. The van der Waals surface area contributed by atoms with E-state index in [0.29, 0.717) is 30.9 Å². The van der Waals surface area contributed by atoms with Crippen molar-refractivity contribution >= 4 is 23.6 Å². The normalized spacial score (nSPS) is 18.1. The molecule has 4 nitrogen and oxygen atoms in total. The Hall–Kier alpha value is -2.26. The first-order chi connectivity index (χ1) is 13.6. The van der Waals surface area contributed by atoms with Gasteiger partial charge >= 0.3 is 12.1 Å². The third kappa shape index (κ3) is 5.42. The van der Waals surface area contributed by atoms with Crippen molar-refractivity contribution in [1.82, 2.24) is 4.31 Å². The number of hydrogen-bond acceptors (Lipinski definition) is 4. The number of carboxylic acid groups (broad SMARTS) is 1. The van der Waals surface area contributed by atoms with Gasteiger partial charge in [-0.2, -0.15) is 13.2 Å². The van der Waals surface area contributed by atoms with Gasteiger partial charge in [0.2, 0.25) is 0 Å². The van der Waals surface area contributed by atoms with Crippen LogP contribution in [0.5, 0.6) is 0 Å². The molecule has 1 heterocycles. The van der Waals surface area contributed by atoms with Crippen molar-refractivity contribution in [3.63, 3.8) is 0 Å². The molecule has 29 heavy (non-hydrogen) atoms. The molecule has 0 radical (unpaired) electrons. The minimum Gasteiger partial charge on any atom is -0.481 e. The van der Waals surface area contributed by atoms with Crippen LogP contribution < -0.4 is 4.90 Å². The number of aliphatic carboxylic acids is 1. The molecule has 1 aliphatic heterocycles. The molecule has 1 N–H and O–H groups in total. The summed E-state index contributed by atoms with van der Waals surface area (Å²) in [5.74, 6) is -2.16. The highest BCUT2D eigenvalue weighted by molar-refractivity contribution is 7.97. The summed E-state index contributed by atoms with van der Waals surface area (Å²) in [6.07, 6.45) is -4.75. The predicted molar refractivity (Wildman–Crippen MR) is 103 cm³/mol. The highest BCUT2D eigenvalue weighted by Gasteiger charge is 2.34. The van der Waals surface area contributed by atoms with Crippen molar-refractivity contribution < 1.29 is 27.5 Å². The van der Waals surface area contributed by atoms with Crippen LogP contribution in [0.3, 0.4) is 0 Å². The Labute approximate surface area is 170 Å². The van der Waals surface area contributed by atoms with Crippen LogP contribution in [-0.2, 0) is 17.4 Å². The maximum atomic E-state index is 13.9. The topological polar surface area (TPSA) is 43.8 Å². The number of carboxylic acids is 1. The number of piperazine rings is 1. The molecule has 0 spiro atoms. The lowest BCUT2D eigenvalue weighted by atomic mass is 10.1. The maximum absolute atomic E-state index is 13.9. The zero-order valence-corrected chi connectivity index (χ0v) is 16.4. The van der Waals surface area contributed by atoms with Gasteiger partial charge in [0.15, 0.2) is 0 Å². The fourth-order valence-corrected chi connectivity index (χ4v) is 4.30. The number of rotatable bonds is 5. The quantitative estimate of drug-likeness (QED) is 0.553. The lowest BCUT2D eigenvalue weighted by Gasteiger charge is -2.40. The van der Waals surface area contributed by atoms with Crippen molar-refractivity contribution in [2.45, 2.75) is 30.5 Å². The molecule has 3 rings (SSSR count). The van der Waals surface area contributed by atoms with Gasteiger partial charge in [-0.3, -0.25) is 4.79 Å². The summed E-state index contributed by atoms with van der Waals surface area (Å²) in [5.41, 5.74) is -0.116. The number of nitrogens with zero attached hydrogens (tertiary/aromatic N) is 2. The van der Waals surface area contributed by atoms with Crippen LogP contribution in [0.1, 0.15) is 18.1 Å². The molecule has 9 heteroatoms. The van der Waals surface area contributed by atoms with E-state index in [1.54, 1.807) is 6.07 Å². The molecule has 2 aromatic rings. The standard InChI is InChI=1S/C20H20F4N2O2S/c1-13-12-25(15-5-6-17(18(21)11-15)20(22,23)24)7-8-26(13)29-16-4-2-3-14(9-16)10-19(27)28/h2-6,9,11,13H,7-8,10,12H2,1H3,(H,27,28). The van der Waals surface area contributed by atoms with Gasteiger partial charge in [0, 0.05) is 36.3 Å². The van der Waals surface area contributed by atoms with Crippen LogP contribution in [0, 0.1) is 5.82 Å². The molecular weight excluding hydrogens is 408 g/mol. The first kappa shape index (κ1) is 21.4. The van der Waals surface area contributed by atoms with Gasteiger partial charge in [-0.15, -0.1) is 0 Å². The molecule has 1 saturated heterocycles. The van der Waals surface area contributed by atoms with Gasteiger partial charge in [-0.25, -0.2) is 8.70 Å². The minimum absolute atomic E-state index is 0.0444. The highest BCUT2D eigenvalue weighted by atomic mass is 32.2. The van der Waals surface area contributed by atoms with Crippen molar-refractivity contribution in [3.8, 4) is 0 Å². The fraction of sp³-hybridized carbons (Fsp3) is 0.350. The Morgan fingerprint density at radius 2 is 1.97 bits per heavy atom. The second-order valence-electron chi connectivity index (χ2n) is 6.91. The van der Waals surface area contributed by atoms with Crippen LogP contribution in [0.2, 0.25) is 0 Å². The Morgan fingerprint density at radius 3 is 2.59 bits per heavy atom. The summed E-state index contributed by atoms with van der Waals surface area (Å²) in [5, 5.41) is 8.93. The summed E-state index contributed by atoms with van der Waals surface area (Å²) in [7, 11) is 0. The second kappa shape index (κ2) is 8.62. The van der Waals surface area contributed by atoms with Gasteiger partial charge in [0.1, 0.15) is 5.82 Å². The Bertz CT molecular complexity index is 891. The molecule has 0 aliphatic carbocycles. The van der Waals surface area contributed by atoms with Crippen LogP contribution in [0.4, 0.5) is 23.2 Å². The van der Waals surface area contributed by atoms with Crippen molar-refractivity contribution in [3.05, 3.63) is 59.4 Å². The van der Waals surface area contributed by atoms with E-state index in [2.05, 4.69) is 4.31 Å². The molecule has 2 aromatic carbocycles. The second-order valence-corrected chi connectivity index (χ2v) is 8.03. The van der Waals surface area contributed by atoms with Crippen LogP contribution in [0.15, 0.2) is 47.4 Å². The van der Waals surface area contributed by atoms with E-state index in [4.69, 9.17) is 5.11 Å². The number of carbonyl (C=O) groups is 1. The molecular formula is C20H20F4N2O2S. The van der Waals surface area contributed by atoms with E-state index in [9.17, 15) is 22.4 Å². The first-order valence-corrected chi connectivity index (χ1v) is 9.78. The molecule has 0 saturated carbocycles. The summed E-state index contributed by atoms with van der Waals surface area (Å²) in [6.45, 7) is 3.68. The smallest absolute Gasteiger partial charge is 0.419 e. The number of alkyl halides is 3. The fourth-order valence-electron chi connectivity index (χ4n) is 3.26. The summed E-state index contributed by atoms with van der Waals surface area (Å²) in [4.78, 5) is 13.7. The Balaban J connectivity index is 1.65. The van der Waals surface area contributed by atoms with Crippen molar-refractivity contribution in [2.75, 3.05) is 24.5 Å². The van der Waals surface area contributed by atoms with Gasteiger partial charge < -0.3 is 10.0 Å². The molecule has 156 valence electrons. The molecule has 1 fully saturated rings. The molecule has 0 aromatic heterocycles. The van der Waals surface area contributed by atoms with Gasteiger partial charge in [-0.1, -0.05) is 12.1 Å². The van der Waals surface area contributed by atoms with E-state index in [1.165, 1.54) is 18.0 Å². The SMILES string of the molecule is CC1CN(c2ccc(C(F)(F)F)c(F)c2)CCN1Sc1cccc(CC(=O)O)c1. The lowest BCUT2D eigenvalue weighted by Crippen LogP contribution is -2.49. The van der Waals surface area contributed by atoms with Crippen molar-refractivity contribution in [2.24, 2.45) is 0 Å². The molecule has 0 amide bonds. The zero-order valence-electron chi connectivity index (χ0n) is 15.6. The van der Waals surface area contributed by atoms with E-state index >= 15 is 0 Å². The maximum Gasteiger partial charge on any atom is 0.419 e. The molecule has 0 bridgehead atoms. The summed E-state index contributed by atoms with van der Waals surface area (Å²) >= 11 is 1.51. The van der Waals surface area contributed by atoms with Gasteiger partial charge in [0.05, 0.1) is 12.0 Å². The average molecular weight is 428 g/mol. The van der Waals surface area contributed by atoms with Gasteiger partial charge in [-0.05, 0) is 54.8 Å². The average Bonchev–Trinajstić information content (AvgIpc) is 2.62. The number of hydrogen-bond donors (Lipinski definition) is 1. The first-order valence-electron chi connectivity index (χ1n) is 9.00. The van der Waals surface area contributed by atoms with Crippen LogP contribution >= 0.6 is 11.9 Å². The summed E-state index contributed by atoms with van der Waals surface area (Å²) in [6, 6.07) is 10.4. The molecule has 1 aliphatic rings. The van der Waals surface area contributed by atoms with Crippen LogP contribution in [0.25, 0.3) is 0 Å². The Morgan fingerprint density at radius 1 is 1.21 bits per heavy atom. The van der Waals surface area contributed by atoms with Crippen LogP contribution in [-0.4, -0.2) is 41.1 Å². The van der Waals surface area contributed by atoms with E-state index in [-0.39, 0.29) is 12.5 Å². The van der Waals surface area contributed by atoms with E-state index in [1.807, 2.05) is 30.0 Å². The molecule has 1 atom stereocenters. The van der Waals surface area contributed by atoms with E-state index in [0.717, 1.165) is 17.0 Å². The number of halogens is 4. The monoisotopic (exact) mass is 428 g/mol. The number of benzene rings is 2. The number of anilines is 1.